The van der Waals surface area contributed by atoms with E-state index in [-0.39, 0.29) is 41.0 Å². The number of ether oxygens (including phenoxy) is 1. The van der Waals surface area contributed by atoms with Crippen molar-refractivity contribution in [3.63, 3.8) is 0 Å². The maximum Gasteiger partial charge on any atom is 0.338 e. The third-order valence-corrected chi connectivity index (χ3v) is 8.97. The molecule has 0 aromatic heterocycles. The molecule has 0 saturated heterocycles. The lowest BCUT2D eigenvalue weighted by molar-refractivity contribution is -0.128. The molecule has 4 saturated carbocycles. The maximum absolute atomic E-state index is 12.5. The van der Waals surface area contributed by atoms with Crippen molar-refractivity contribution >= 4 is 21.9 Å². The van der Waals surface area contributed by atoms with Gasteiger partial charge in [0.25, 0.3) is 5.91 Å². The van der Waals surface area contributed by atoms with Crippen molar-refractivity contribution in [3.05, 3.63) is 29.8 Å². The molecule has 0 radical (unpaired) electrons. The zero-order valence-corrected chi connectivity index (χ0v) is 19.0. The second-order valence-electron chi connectivity index (χ2n) is 9.67. The first kappa shape index (κ1) is 22.3. The van der Waals surface area contributed by atoms with Crippen molar-refractivity contribution in [1.82, 2.24) is 10.0 Å². The van der Waals surface area contributed by atoms with Crippen LogP contribution in [0.1, 0.15) is 62.7 Å². The molecule has 5 rings (SSSR count). The minimum atomic E-state index is -3.67. The fourth-order valence-corrected chi connectivity index (χ4v) is 7.51. The minimum Gasteiger partial charge on any atom is -0.452 e. The highest BCUT2D eigenvalue weighted by Gasteiger charge is 2.53. The maximum atomic E-state index is 12.5. The summed E-state index contributed by atoms with van der Waals surface area (Å²) in [5.41, 5.74) is 0.282. The summed E-state index contributed by atoms with van der Waals surface area (Å²) < 4.78 is 31.8. The molecule has 0 spiro atoms. The largest absolute Gasteiger partial charge is 0.452 e. The summed E-state index contributed by atoms with van der Waals surface area (Å²) >= 11 is 0. The van der Waals surface area contributed by atoms with Gasteiger partial charge in [0.2, 0.25) is 10.0 Å². The Kier molecular flexibility index (Phi) is 6.14. The molecule has 0 heterocycles. The van der Waals surface area contributed by atoms with E-state index >= 15 is 0 Å². The second-order valence-corrected chi connectivity index (χ2v) is 11.4. The van der Waals surface area contributed by atoms with E-state index in [1.54, 1.807) is 6.92 Å². The predicted octanol–water partition coefficient (Wildman–Crippen LogP) is 2.86. The Morgan fingerprint density at radius 2 is 1.74 bits per heavy atom. The third kappa shape index (κ3) is 4.65. The lowest BCUT2D eigenvalue weighted by atomic mass is 9.48. The van der Waals surface area contributed by atoms with Crippen LogP contribution >= 0.6 is 0 Å². The fourth-order valence-electron chi connectivity index (χ4n) is 6.42. The van der Waals surface area contributed by atoms with Crippen LogP contribution in [0.2, 0.25) is 0 Å². The van der Waals surface area contributed by atoms with E-state index in [0.29, 0.717) is 0 Å². The molecule has 0 aliphatic heterocycles. The molecule has 1 amide bonds. The van der Waals surface area contributed by atoms with Gasteiger partial charge in [0.15, 0.2) is 6.61 Å². The van der Waals surface area contributed by atoms with Crippen LogP contribution in [0.25, 0.3) is 0 Å². The molecule has 7 nitrogen and oxygen atoms in total. The number of benzene rings is 1. The monoisotopic (exact) mass is 448 g/mol. The summed E-state index contributed by atoms with van der Waals surface area (Å²) in [6.07, 6.45) is 7.61. The van der Waals surface area contributed by atoms with Gasteiger partial charge in [-0.3, -0.25) is 4.79 Å². The molecule has 1 aromatic carbocycles. The van der Waals surface area contributed by atoms with Crippen LogP contribution in [-0.2, 0) is 19.6 Å². The molecule has 1 aromatic rings. The van der Waals surface area contributed by atoms with Crippen molar-refractivity contribution < 1.29 is 22.7 Å². The molecule has 31 heavy (non-hydrogen) atoms. The van der Waals surface area contributed by atoms with Crippen molar-refractivity contribution in [1.29, 1.82) is 0 Å². The van der Waals surface area contributed by atoms with Gasteiger partial charge in [-0.2, -0.15) is 0 Å². The number of nitrogens with one attached hydrogen (secondary N) is 2. The van der Waals surface area contributed by atoms with E-state index in [9.17, 15) is 18.0 Å². The van der Waals surface area contributed by atoms with Crippen LogP contribution < -0.4 is 10.0 Å². The summed E-state index contributed by atoms with van der Waals surface area (Å²) in [6.45, 7) is 3.64. The number of esters is 1. The Morgan fingerprint density at radius 3 is 2.32 bits per heavy atom. The number of hydrogen-bond acceptors (Lipinski definition) is 5. The van der Waals surface area contributed by atoms with Gasteiger partial charge in [0, 0.05) is 12.6 Å². The molecule has 4 bridgehead atoms. The third-order valence-electron chi connectivity index (χ3n) is 7.43. The van der Waals surface area contributed by atoms with Gasteiger partial charge in [-0.1, -0.05) is 13.0 Å². The second kappa shape index (κ2) is 8.54. The number of sulfonamides is 1. The number of carbonyl (C=O) groups is 2. The summed E-state index contributed by atoms with van der Waals surface area (Å²) in [6, 6.07) is 5.69. The van der Waals surface area contributed by atoms with Gasteiger partial charge in [-0.05, 0) is 86.8 Å². The zero-order valence-electron chi connectivity index (χ0n) is 18.2. The fraction of sp³-hybridized carbons (Fsp3) is 0.652. The average molecular weight is 449 g/mol. The van der Waals surface area contributed by atoms with Gasteiger partial charge in [0.05, 0.1) is 10.5 Å². The molecule has 4 aliphatic carbocycles. The van der Waals surface area contributed by atoms with Gasteiger partial charge < -0.3 is 10.1 Å². The lowest BCUT2D eigenvalue weighted by Crippen LogP contribution is -2.56. The van der Waals surface area contributed by atoms with Crippen molar-refractivity contribution in [3.8, 4) is 0 Å². The van der Waals surface area contributed by atoms with E-state index in [4.69, 9.17) is 4.74 Å². The first-order valence-corrected chi connectivity index (χ1v) is 12.8. The van der Waals surface area contributed by atoms with Gasteiger partial charge in [-0.15, -0.1) is 0 Å². The van der Waals surface area contributed by atoms with E-state index in [1.165, 1.54) is 62.8 Å². The van der Waals surface area contributed by atoms with E-state index in [1.807, 2.05) is 0 Å². The summed E-state index contributed by atoms with van der Waals surface area (Å²) in [5.74, 6) is 1.37. The smallest absolute Gasteiger partial charge is 0.338 e. The zero-order chi connectivity index (χ0) is 22.2. The Hall–Kier alpha value is -1.93. The van der Waals surface area contributed by atoms with Crippen LogP contribution in [0.5, 0.6) is 0 Å². The standard InChI is InChI=1S/C23H32N2O5S/c1-3-24-31(28,29)20-6-4-5-19(10-20)22(27)30-14-21(26)25-15(2)23-11-16-7-17(12-23)9-18(8-16)13-23/h4-6,10,15-18,24H,3,7-9,11-14H2,1-2H3,(H,25,26). The topological polar surface area (TPSA) is 102 Å². The molecular formula is C23H32N2O5S. The van der Waals surface area contributed by atoms with E-state index in [2.05, 4.69) is 17.0 Å². The molecule has 4 aliphatic rings. The quantitative estimate of drug-likeness (QED) is 0.596. The van der Waals surface area contributed by atoms with Crippen LogP contribution in [0.3, 0.4) is 0 Å². The molecule has 1 unspecified atom stereocenters. The molecule has 4 fully saturated rings. The molecule has 2 N–H and O–H groups in total. The van der Waals surface area contributed by atoms with Crippen LogP contribution in [0.15, 0.2) is 29.2 Å². The Balaban J connectivity index is 1.32. The van der Waals surface area contributed by atoms with Gasteiger partial charge >= 0.3 is 5.97 Å². The first-order valence-electron chi connectivity index (χ1n) is 11.3. The normalized spacial score (nSPS) is 30.1. The predicted molar refractivity (Wildman–Crippen MR) is 116 cm³/mol. The van der Waals surface area contributed by atoms with Crippen molar-refractivity contribution in [2.45, 2.75) is 63.3 Å². The summed E-state index contributed by atoms with van der Waals surface area (Å²) in [7, 11) is -3.67. The summed E-state index contributed by atoms with van der Waals surface area (Å²) in [5, 5.41) is 3.07. The minimum absolute atomic E-state index is 0.0105. The highest BCUT2D eigenvalue weighted by molar-refractivity contribution is 7.89. The Morgan fingerprint density at radius 1 is 1.13 bits per heavy atom. The highest BCUT2D eigenvalue weighted by Crippen LogP contribution is 2.61. The molecule has 170 valence electrons. The SMILES string of the molecule is CCNS(=O)(=O)c1cccc(C(=O)OCC(=O)NC(C)C23CC4CC(CC(C4)C2)C3)c1. The van der Waals surface area contributed by atoms with Crippen molar-refractivity contribution in [2.24, 2.45) is 23.2 Å². The first-order chi connectivity index (χ1) is 14.7. The van der Waals surface area contributed by atoms with Crippen LogP contribution in [0, 0.1) is 23.2 Å². The number of rotatable bonds is 8. The summed E-state index contributed by atoms with van der Waals surface area (Å²) in [4.78, 5) is 24.9. The molecule has 8 heteroatoms. The van der Waals surface area contributed by atoms with Crippen LogP contribution in [0.4, 0.5) is 0 Å². The Labute approximate surface area is 184 Å². The highest BCUT2D eigenvalue weighted by atomic mass is 32.2. The Bertz CT molecular complexity index is 923. The van der Waals surface area contributed by atoms with Gasteiger partial charge in [0.1, 0.15) is 0 Å². The van der Waals surface area contributed by atoms with Crippen molar-refractivity contribution in [2.75, 3.05) is 13.2 Å². The number of amides is 1. The lowest BCUT2D eigenvalue weighted by Gasteiger charge is -2.59. The average Bonchev–Trinajstić information content (AvgIpc) is 2.71. The van der Waals surface area contributed by atoms with Crippen LogP contribution in [-0.4, -0.2) is 39.5 Å². The van der Waals surface area contributed by atoms with E-state index in [0.717, 1.165) is 17.8 Å². The molecule has 1 atom stereocenters. The molecular weight excluding hydrogens is 416 g/mol. The number of carbonyl (C=O) groups excluding carboxylic acids is 2. The van der Waals surface area contributed by atoms with E-state index < -0.39 is 16.0 Å². The number of hydrogen-bond donors (Lipinski definition) is 2. The van der Waals surface area contributed by atoms with Gasteiger partial charge in [-0.25, -0.2) is 17.9 Å².